The lowest BCUT2D eigenvalue weighted by Gasteiger charge is -2.24. The highest BCUT2D eigenvalue weighted by molar-refractivity contribution is 4.94. The van der Waals surface area contributed by atoms with E-state index in [1.54, 1.807) is 6.26 Å². The maximum absolute atomic E-state index is 4.96. The number of oxazole rings is 1. The summed E-state index contributed by atoms with van der Waals surface area (Å²) < 4.78 is 4.96. The van der Waals surface area contributed by atoms with E-state index in [2.05, 4.69) is 23.7 Å². The molecule has 0 N–H and O–H groups in total. The van der Waals surface area contributed by atoms with Gasteiger partial charge in [0.1, 0.15) is 6.26 Å². The number of hydrogen-bond donors (Lipinski definition) is 0. The first-order valence-corrected chi connectivity index (χ1v) is 4.90. The third-order valence-corrected chi connectivity index (χ3v) is 2.96. The molecular formula is C10H16N2O. The Hall–Kier alpha value is -0.830. The second-order valence-electron chi connectivity index (χ2n) is 3.93. The Labute approximate surface area is 78.8 Å². The molecule has 1 aliphatic rings. The first-order valence-electron chi connectivity index (χ1n) is 4.90. The molecule has 2 unspecified atom stereocenters. The summed E-state index contributed by atoms with van der Waals surface area (Å²) in [5.74, 6) is 0. The predicted octanol–water partition coefficient (Wildman–Crippen LogP) is 2.05. The second-order valence-corrected chi connectivity index (χ2v) is 3.93. The van der Waals surface area contributed by atoms with E-state index < -0.39 is 0 Å². The summed E-state index contributed by atoms with van der Waals surface area (Å²) in [5.41, 5.74) is 1.04. The summed E-state index contributed by atoms with van der Waals surface area (Å²) in [6.07, 6.45) is 5.84. The minimum Gasteiger partial charge on any atom is -0.451 e. The number of nitrogens with zero attached hydrogens (tertiary/aromatic N) is 2. The van der Waals surface area contributed by atoms with E-state index >= 15 is 0 Å². The van der Waals surface area contributed by atoms with Crippen LogP contribution in [0.2, 0.25) is 0 Å². The van der Waals surface area contributed by atoms with Crippen molar-refractivity contribution in [1.29, 1.82) is 0 Å². The molecule has 2 atom stereocenters. The highest BCUT2D eigenvalue weighted by atomic mass is 16.3. The molecule has 0 radical (unpaired) electrons. The van der Waals surface area contributed by atoms with Crippen LogP contribution in [0, 0.1) is 0 Å². The van der Waals surface area contributed by atoms with Gasteiger partial charge in [0.15, 0.2) is 6.39 Å². The molecule has 0 saturated carbocycles. The average molecular weight is 180 g/mol. The molecule has 1 aromatic heterocycles. The molecule has 2 heterocycles. The minimum atomic E-state index is 0.687. The molecule has 0 bridgehead atoms. The van der Waals surface area contributed by atoms with Crippen molar-refractivity contribution in [3.05, 3.63) is 18.4 Å². The zero-order valence-electron chi connectivity index (χ0n) is 8.23. The second kappa shape index (κ2) is 3.50. The number of likely N-dealkylation sites (tertiary alicyclic amines) is 1. The van der Waals surface area contributed by atoms with Gasteiger partial charge in [-0.2, -0.15) is 0 Å². The lowest BCUT2D eigenvalue weighted by molar-refractivity contribution is 0.202. The highest BCUT2D eigenvalue weighted by Crippen LogP contribution is 2.24. The Morgan fingerprint density at radius 2 is 2.15 bits per heavy atom. The normalized spacial score (nSPS) is 29.7. The lowest BCUT2D eigenvalue weighted by Crippen LogP contribution is -2.32. The summed E-state index contributed by atoms with van der Waals surface area (Å²) in [7, 11) is 0. The molecule has 1 fully saturated rings. The van der Waals surface area contributed by atoms with E-state index in [0.29, 0.717) is 12.1 Å². The molecule has 0 aliphatic carbocycles. The number of hydrogen-bond acceptors (Lipinski definition) is 3. The molecule has 1 saturated heterocycles. The Morgan fingerprint density at radius 1 is 1.46 bits per heavy atom. The van der Waals surface area contributed by atoms with Crippen LogP contribution in [0.25, 0.3) is 0 Å². The summed E-state index contributed by atoms with van der Waals surface area (Å²) in [6.45, 7) is 5.49. The van der Waals surface area contributed by atoms with Crippen molar-refractivity contribution in [2.45, 2.75) is 45.3 Å². The van der Waals surface area contributed by atoms with Crippen LogP contribution in [0.15, 0.2) is 17.1 Å². The zero-order valence-corrected chi connectivity index (χ0v) is 8.23. The van der Waals surface area contributed by atoms with Crippen LogP contribution in [0.1, 0.15) is 32.4 Å². The van der Waals surface area contributed by atoms with E-state index in [1.165, 1.54) is 19.2 Å². The maximum atomic E-state index is 4.96. The quantitative estimate of drug-likeness (QED) is 0.697. The van der Waals surface area contributed by atoms with Crippen molar-refractivity contribution >= 4 is 0 Å². The van der Waals surface area contributed by atoms with Crippen LogP contribution in [0.3, 0.4) is 0 Å². The summed E-state index contributed by atoms with van der Waals surface area (Å²) in [6, 6.07) is 1.37. The van der Waals surface area contributed by atoms with Crippen LogP contribution in [-0.2, 0) is 6.54 Å². The van der Waals surface area contributed by atoms with Crippen LogP contribution in [-0.4, -0.2) is 22.0 Å². The summed E-state index contributed by atoms with van der Waals surface area (Å²) in [4.78, 5) is 6.62. The van der Waals surface area contributed by atoms with Crippen molar-refractivity contribution in [1.82, 2.24) is 9.88 Å². The number of rotatable bonds is 2. The Kier molecular flexibility index (Phi) is 2.36. The van der Waals surface area contributed by atoms with Gasteiger partial charge in [0, 0.05) is 18.6 Å². The number of aromatic nitrogens is 1. The topological polar surface area (TPSA) is 29.3 Å². The molecule has 2 rings (SSSR count). The van der Waals surface area contributed by atoms with Gasteiger partial charge in [0.05, 0.1) is 5.69 Å². The predicted molar refractivity (Wildman–Crippen MR) is 50.2 cm³/mol. The fourth-order valence-corrected chi connectivity index (χ4v) is 2.06. The molecular weight excluding hydrogens is 164 g/mol. The van der Waals surface area contributed by atoms with Gasteiger partial charge >= 0.3 is 0 Å². The van der Waals surface area contributed by atoms with Crippen LogP contribution in [0.5, 0.6) is 0 Å². The van der Waals surface area contributed by atoms with Gasteiger partial charge in [-0.25, -0.2) is 4.98 Å². The Balaban J connectivity index is 2.01. The van der Waals surface area contributed by atoms with Crippen LogP contribution in [0.4, 0.5) is 0 Å². The Bertz CT molecular complexity index is 248. The molecule has 1 aliphatic heterocycles. The highest BCUT2D eigenvalue weighted by Gasteiger charge is 2.27. The molecule has 3 nitrogen and oxygen atoms in total. The van der Waals surface area contributed by atoms with Gasteiger partial charge in [-0.05, 0) is 26.7 Å². The molecule has 0 amide bonds. The lowest BCUT2D eigenvalue weighted by atomic mass is 10.2. The van der Waals surface area contributed by atoms with E-state index in [9.17, 15) is 0 Å². The van der Waals surface area contributed by atoms with Crippen molar-refractivity contribution < 1.29 is 4.42 Å². The Morgan fingerprint density at radius 3 is 2.69 bits per heavy atom. The van der Waals surface area contributed by atoms with Gasteiger partial charge in [0.25, 0.3) is 0 Å². The molecule has 0 spiro atoms. The van der Waals surface area contributed by atoms with Crippen molar-refractivity contribution in [2.24, 2.45) is 0 Å². The van der Waals surface area contributed by atoms with Gasteiger partial charge in [0.2, 0.25) is 0 Å². The molecule has 0 aromatic carbocycles. The first kappa shape index (κ1) is 8.75. The molecule has 3 heteroatoms. The fourth-order valence-electron chi connectivity index (χ4n) is 2.06. The monoisotopic (exact) mass is 180 g/mol. The van der Waals surface area contributed by atoms with Gasteiger partial charge in [-0.3, -0.25) is 4.90 Å². The average Bonchev–Trinajstić information content (AvgIpc) is 2.70. The SMILES string of the molecule is CC1CCC(C)N1Cc1cocn1. The van der Waals surface area contributed by atoms with Crippen molar-refractivity contribution in [3.8, 4) is 0 Å². The van der Waals surface area contributed by atoms with Crippen LogP contribution < -0.4 is 0 Å². The van der Waals surface area contributed by atoms with Gasteiger partial charge < -0.3 is 4.42 Å². The zero-order chi connectivity index (χ0) is 9.26. The largest absolute Gasteiger partial charge is 0.451 e. The molecule has 72 valence electrons. The fraction of sp³-hybridized carbons (Fsp3) is 0.700. The van der Waals surface area contributed by atoms with Gasteiger partial charge in [-0.1, -0.05) is 0 Å². The summed E-state index contributed by atoms with van der Waals surface area (Å²) >= 11 is 0. The minimum absolute atomic E-state index is 0.687. The first-order chi connectivity index (χ1) is 6.27. The van der Waals surface area contributed by atoms with Crippen molar-refractivity contribution in [3.63, 3.8) is 0 Å². The molecule has 13 heavy (non-hydrogen) atoms. The van der Waals surface area contributed by atoms with E-state index in [1.807, 2.05) is 0 Å². The van der Waals surface area contributed by atoms with E-state index in [4.69, 9.17) is 4.42 Å². The standard InChI is InChI=1S/C10H16N2O/c1-8-3-4-9(2)12(8)5-10-6-13-7-11-10/h6-9H,3-5H2,1-2H3. The summed E-state index contributed by atoms with van der Waals surface area (Å²) in [5, 5.41) is 0. The van der Waals surface area contributed by atoms with Crippen LogP contribution >= 0.6 is 0 Å². The van der Waals surface area contributed by atoms with Gasteiger partial charge in [-0.15, -0.1) is 0 Å². The van der Waals surface area contributed by atoms with E-state index in [-0.39, 0.29) is 0 Å². The van der Waals surface area contributed by atoms with Crippen molar-refractivity contribution in [2.75, 3.05) is 0 Å². The third kappa shape index (κ3) is 1.75. The van der Waals surface area contributed by atoms with E-state index in [0.717, 1.165) is 12.2 Å². The molecule has 1 aromatic rings. The maximum Gasteiger partial charge on any atom is 0.180 e. The third-order valence-electron chi connectivity index (χ3n) is 2.96. The smallest absolute Gasteiger partial charge is 0.180 e.